The summed E-state index contributed by atoms with van der Waals surface area (Å²) in [4.78, 5) is 25.4. The van der Waals surface area contributed by atoms with Crippen LogP contribution in [0, 0.1) is 0 Å². The fourth-order valence-electron chi connectivity index (χ4n) is 3.90. The van der Waals surface area contributed by atoms with Gasteiger partial charge in [-0.2, -0.15) is 0 Å². The number of halogens is 1. The van der Waals surface area contributed by atoms with E-state index in [0.717, 1.165) is 11.1 Å². The number of hydrogen-bond donors (Lipinski definition) is 1. The molecule has 3 aromatic carbocycles. The van der Waals surface area contributed by atoms with Gasteiger partial charge in [0, 0.05) is 11.5 Å². The third kappa shape index (κ3) is 2.95. The molecule has 1 aliphatic heterocycles. The van der Waals surface area contributed by atoms with Gasteiger partial charge in [-0.15, -0.1) is 0 Å². The summed E-state index contributed by atoms with van der Waals surface area (Å²) in [5.41, 5.74) is 2.77. The summed E-state index contributed by atoms with van der Waals surface area (Å²) in [6, 6.07) is 17.3. The lowest BCUT2D eigenvalue weighted by atomic mass is 9.85. The largest absolute Gasteiger partial charge is 0.506 e. The maximum absolute atomic E-state index is 13.2. The molecule has 6 heteroatoms. The molecule has 5 nitrogen and oxygen atoms in total. The van der Waals surface area contributed by atoms with Crippen LogP contribution in [0.1, 0.15) is 23.5 Å². The highest BCUT2D eigenvalue weighted by Crippen LogP contribution is 2.44. The van der Waals surface area contributed by atoms with Gasteiger partial charge in [-0.05, 0) is 35.4 Å². The molecule has 2 heterocycles. The molecule has 1 aliphatic rings. The highest BCUT2D eigenvalue weighted by Gasteiger charge is 2.32. The molecule has 0 spiro atoms. The summed E-state index contributed by atoms with van der Waals surface area (Å²) in [7, 11) is 0. The van der Waals surface area contributed by atoms with Crippen LogP contribution in [0.4, 0.5) is 0 Å². The zero-order valence-corrected chi connectivity index (χ0v) is 16.3. The van der Waals surface area contributed by atoms with Crippen LogP contribution < -0.4 is 10.2 Å². The van der Waals surface area contributed by atoms with Crippen molar-refractivity contribution in [3.8, 4) is 22.6 Å². The van der Waals surface area contributed by atoms with Gasteiger partial charge in [0.05, 0.1) is 22.4 Å². The fourth-order valence-corrected chi connectivity index (χ4v) is 4.09. The Morgan fingerprint density at radius 1 is 1.00 bits per heavy atom. The van der Waals surface area contributed by atoms with Crippen LogP contribution in [0.3, 0.4) is 0 Å². The SMILES string of the molecule is O=C1C[C@H](c2ccc(O)c(Cl)c2)c2c(ccc3c(=O)c(-c4ccccc4)coc23)O1. The molecule has 1 aromatic heterocycles. The predicted octanol–water partition coefficient (Wildman–Crippen LogP) is 5.26. The van der Waals surface area contributed by atoms with E-state index in [2.05, 4.69) is 0 Å². The lowest BCUT2D eigenvalue weighted by Crippen LogP contribution is -2.22. The summed E-state index contributed by atoms with van der Waals surface area (Å²) in [5, 5.41) is 10.3. The molecule has 148 valence electrons. The van der Waals surface area contributed by atoms with Crippen LogP contribution >= 0.6 is 11.6 Å². The van der Waals surface area contributed by atoms with E-state index >= 15 is 0 Å². The van der Waals surface area contributed by atoms with Crippen molar-refractivity contribution in [2.75, 3.05) is 0 Å². The number of esters is 1. The molecule has 5 rings (SSSR count). The van der Waals surface area contributed by atoms with E-state index in [0.29, 0.717) is 27.8 Å². The van der Waals surface area contributed by atoms with Crippen LogP contribution in [-0.4, -0.2) is 11.1 Å². The number of aromatic hydroxyl groups is 1. The summed E-state index contributed by atoms with van der Waals surface area (Å²) in [6.07, 6.45) is 1.51. The molecule has 0 bridgehead atoms. The maximum Gasteiger partial charge on any atom is 0.312 e. The Kier molecular flexibility index (Phi) is 4.33. The standard InChI is InChI=1S/C24H15ClO5/c25-18-10-14(6-8-19(18)26)16-11-21(27)30-20-9-7-15-23(28)17(12-29-24(15)22(16)20)13-4-2-1-3-5-13/h1-10,12,16,26H,11H2/t16-/m1/s1. The van der Waals surface area contributed by atoms with Crippen LogP contribution in [-0.2, 0) is 4.79 Å². The van der Waals surface area contributed by atoms with Crippen molar-refractivity contribution in [1.82, 2.24) is 0 Å². The van der Waals surface area contributed by atoms with Crippen molar-refractivity contribution in [3.63, 3.8) is 0 Å². The zero-order chi connectivity index (χ0) is 20.8. The number of carbonyl (C=O) groups is 1. The molecule has 0 aliphatic carbocycles. The molecule has 0 amide bonds. The lowest BCUT2D eigenvalue weighted by molar-refractivity contribution is -0.135. The average molecular weight is 419 g/mol. The van der Waals surface area contributed by atoms with Gasteiger partial charge >= 0.3 is 5.97 Å². The summed E-state index contributed by atoms with van der Waals surface area (Å²) < 4.78 is 11.4. The zero-order valence-electron chi connectivity index (χ0n) is 15.6. The van der Waals surface area contributed by atoms with E-state index in [1.165, 1.54) is 12.3 Å². The van der Waals surface area contributed by atoms with Crippen molar-refractivity contribution in [1.29, 1.82) is 0 Å². The summed E-state index contributed by atoms with van der Waals surface area (Å²) in [6.45, 7) is 0. The van der Waals surface area contributed by atoms with E-state index in [1.54, 1.807) is 24.3 Å². The Labute approximate surface area is 176 Å². The first kappa shape index (κ1) is 18.5. The van der Waals surface area contributed by atoms with Gasteiger partial charge in [-0.3, -0.25) is 9.59 Å². The molecule has 1 N–H and O–H groups in total. The third-order valence-corrected chi connectivity index (χ3v) is 5.64. The predicted molar refractivity (Wildman–Crippen MR) is 113 cm³/mol. The molecule has 0 radical (unpaired) electrons. The number of fused-ring (bicyclic) bond motifs is 3. The topological polar surface area (TPSA) is 76.7 Å². The second kappa shape index (κ2) is 7.04. The van der Waals surface area contributed by atoms with Gasteiger partial charge in [0.15, 0.2) is 0 Å². The Bertz CT molecular complexity index is 1360. The van der Waals surface area contributed by atoms with Gasteiger partial charge in [-0.25, -0.2) is 0 Å². The first-order valence-corrected chi connectivity index (χ1v) is 9.73. The first-order chi connectivity index (χ1) is 14.5. The van der Waals surface area contributed by atoms with Gasteiger partial charge in [0.2, 0.25) is 5.43 Å². The maximum atomic E-state index is 13.2. The minimum absolute atomic E-state index is 0.0454. The smallest absolute Gasteiger partial charge is 0.312 e. The Morgan fingerprint density at radius 2 is 1.80 bits per heavy atom. The summed E-state index contributed by atoms with van der Waals surface area (Å²) >= 11 is 6.09. The average Bonchev–Trinajstić information content (AvgIpc) is 2.75. The second-order valence-corrected chi connectivity index (χ2v) is 7.55. The molecule has 0 saturated heterocycles. The van der Waals surface area contributed by atoms with Gasteiger partial charge in [0.25, 0.3) is 0 Å². The Hall–Kier alpha value is -3.57. The van der Waals surface area contributed by atoms with E-state index in [-0.39, 0.29) is 28.6 Å². The number of benzene rings is 3. The number of hydrogen-bond acceptors (Lipinski definition) is 5. The molecule has 0 saturated carbocycles. The lowest BCUT2D eigenvalue weighted by Gasteiger charge is -2.25. The third-order valence-electron chi connectivity index (χ3n) is 5.34. The summed E-state index contributed by atoms with van der Waals surface area (Å²) in [5.74, 6) is -0.507. The quantitative estimate of drug-likeness (QED) is 0.355. The minimum Gasteiger partial charge on any atom is -0.506 e. The number of phenols is 1. The molecular weight excluding hydrogens is 404 g/mol. The van der Waals surface area contributed by atoms with Crippen LogP contribution in [0.15, 0.2) is 76.1 Å². The number of rotatable bonds is 2. The van der Waals surface area contributed by atoms with Crippen molar-refractivity contribution in [2.24, 2.45) is 0 Å². The minimum atomic E-state index is -0.422. The highest BCUT2D eigenvalue weighted by molar-refractivity contribution is 6.32. The molecular formula is C24H15ClO5. The molecule has 4 aromatic rings. The van der Waals surface area contributed by atoms with Crippen molar-refractivity contribution in [2.45, 2.75) is 12.3 Å². The molecule has 0 fully saturated rings. The van der Waals surface area contributed by atoms with Crippen LogP contribution in [0.25, 0.3) is 22.1 Å². The monoisotopic (exact) mass is 418 g/mol. The van der Waals surface area contributed by atoms with Gasteiger partial charge in [-0.1, -0.05) is 48.0 Å². The van der Waals surface area contributed by atoms with Gasteiger partial charge in [0.1, 0.15) is 23.3 Å². The van der Waals surface area contributed by atoms with E-state index in [4.69, 9.17) is 20.8 Å². The van der Waals surface area contributed by atoms with Gasteiger partial charge < -0.3 is 14.3 Å². The molecule has 0 unspecified atom stereocenters. The molecule has 30 heavy (non-hydrogen) atoms. The van der Waals surface area contributed by atoms with E-state index < -0.39 is 5.92 Å². The number of ether oxygens (including phenoxy) is 1. The second-order valence-electron chi connectivity index (χ2n) is 7.14. The fraction of sp³-hybridized carbons (Fsp3) is 0.0833. The van der Waals surface area contributed by atoms with Crippen LogP contribution in [0.2, 0.25) is 5.02 Å². The van der Waals surface area contributed by atoms with E-state index in [1.807, 2.05) is 30.3 Å². The van der Waals surface area contributed by atoms with E-state index in [9.17, 15) is 14.7 Å². The highest BCUT2D eigenvalue weighted by atomic mass is 35.5. The Balaban J connectivity index is 1.75. The number of carbonyl (C=O) groups excluding carboxylic acids is 1. The van der Waals surface area contributed by atoms with Crippen LogP contribution in [0.5, 0.6) is 11.5 Å². The normalized spacial score (nSPS) is 15.6. The van der Waals surface area contributed by atoms with Crippen molar-refractivity contribution in [3.05, 3.63) is 93.3 Å². The Morgan fingerprint density at radius 3 is 2.57 bits per heavy atom. The number of phenolic OH excluding ortho intramolecular Hbond substituents is 1. The first-order valence-electron chi connectivity index (χ1n) is 9.36. The van der Waals surface area contributed by atoms with Crippen molar-refractivity contribution < 1.29 is 19.1 Å². The molecule has 1 atom stereocenters. The van der Waals surface area contributed by atoms with Crippen molar-refractivity contribution >= 4 is 28.5 Å².